The minimum atomic E-state index is -3.07. The van der Waals surface area contributed by atoms with Crippen molar-refractivity contribution in [2.75, 3.05) is 12.0 Å². The Morgan fingerprint density at radius 2 is 1.86 bits per heavy atom. The smallest absolute Gasteiger partial charge is 0.149 e. The first-order valence-corrected chi connectivity index (χ1v) is 6.17. The summed E-state index contributed by atoms with van der Waals surface area (Å²) in [6, 6.07) is 5.66. The molecule has 0 aliphatic heterocycles. The van der Waals surface area contributed by atoms with E-state index >= 15 is 0 Å². The molecule has 0 heterocycles. The van der Waals surface area contributed by atoms with Crippen molar-refractivity contribution < 1.29 is 13.5 Å². The van der Waals surface area contributed by atoms with Gasteiger partial charge in [0.1, 0.15) is 15.6 Å². The number of phenols is 1. The Labute approximate surface area is 83.3 Å². The standard InChI is InChI=1S/C9H13NO3S/c1-14(12,13)6-9(10)7-2-4-8(11)5-3-7/h2-5,9,11H,6,10H2,1H3/t9-/m1/s1. The van der Waals surface area contributed by atoms with E-state index in [0.29, 0.717) is 5.56 Å². The molecule has 0 amide bonds. The van der Waals surface area contributed by atoms with Crippen LogP contribution in [0.2, 0.25) is 0 Å². The molecule has 4 nitrogen and oxygen atoms in total. The predicted octanol–water partition coefficient (Wildman–Crippen LogP) is 0.437. The van der Waals surface area contributed by atoms with Crippen LogP contribution in [0.3, 0.4) is 0 Å². The van der Waals surface area contributed by atoms with Crippen LogP contribution >= 0.6 is 0 Å². The van der Waals surface area contributed by atoms with Crippen LogP contribution in [-0.2, 0) is 9.84 Å². The summed E-state index contributed by atoms with van der Waals surface area (Å²) in [4.78, 5) is 0. The summed E-state index contributed by atoms with van der Waals surface area (Å²) in [5, 5.41) is 9.01. The van der Waals surface area contributed by atoms with Gasteiger partial charge in [-0.05, 0) is 17.7 Å². The monoisotopic (exact) mass is 215 g/mol. The molecule has 78 valence electrons. The number of hydrogen-bond donors (Lipinski definition) is 2. The van der Waals surface area contributed by atoms with E-state index in [1.807, 2.05) is 0 Å². The van der Waals surface area contributed by atoms with E-state index in [4.69, 9.17) is 10.8 Å². The first-order valence-electron chi connectivity index (χ1n) is 4.11. The molecule has 0 saturated heterocycles. The van der Waals surface area contributed by atoms with E-state index in [2.05, 4.69) is 0 Å². The van der Waals surface area contributed by atoms with Crippen LogP contribution < -0.4 is 5.73 Å². The van der Waals surface area contributed by atoms with Gasteiger partial charge in [0, 0.05) is 12.3 Å². The maximum absolute atomic E-state index is 11.0. The molecule has 0 aromatic heterocycles. The second-order valence-electron chi connectivity index (χ2n) is 3.29. The fourth-order valence-electron chi connectivity index (χ4n) is 1.14. The van der Waals surface area contributed by atoms with E-state index in [1.165, 1.54) is 12.1 Å². The molecule has 1 aromatic carbocycles. The maximum atomic E-state index is 11.0. The van der Waals surface area contributed by atoms with Crippen LogP contribution in [0.25, 0.3) is 0 Å². The fraction of sp³-hybridized carbons (Fsp3) is 0.333. The maximum Gasteiger partial charge on any atom is 0.149 e. The quantitative estimate of drug-likeness (QED) is 0.766. The highest BCUT2D eigenvalue weighted by molar-refractivity contribution is 7.90. The Balaban J connectivity index is 2.80. The molecular formula is C9H13NO3S. The Hall–Kier alpha value is -1.07. The van der Waals surface area contributed by atoms with Gasteiger partial charge in [-0.3, -0.25) is 0 Å². The molecule has 0 saturated carbocycles. The van der Waals surface area contributed by atoms with E-state index in [9.17, 15) is 8.42 Å². The van der Waals surface area contributed by atoms with Gasteiger partial charge in [-0.25, -0.2) is 8.42 Å². The number of nitrogens with two attached hydrogens (primary N) is 1. The summed E-state index contributed by atoms with van der Waals surface area (Å²) in [5.74, 6) is 0.0536. The van der Waals surface area contributed by atoms with Gasteiger partial charge in [0.15, 0.2) is 0 Å². The van der Waals surface area contributed by atoms with Gasteiger partial charge in [-0.2, -0.15) is 0 Å². The molecule has 5 heteroatoms. The zero-order chi connectivity index (χ0) is 10.8. The summed E-state index contributed by atoms with van der Waals surface area (Å²) >= 11 is 0. The topological polar surface area (TPSA) is 80.4 Å². The van der Waals surface area contributed by atoms with E-state index in [-0.39, 0.29) is 11.5 Å². The van der Waals surface area contributed by atoms with Crippen molar-refractivity contribution in [3.05, 3.63) is 29.8 Å². The highest BCUT2D eigenvalue weighted by Crippen LogP contribution is 2.15. The lowest BCUT2D eigenvalue weighted by Gasteiger charge is -2.10. The number of rotatable bonds is 3. The lowest BCUT2D eigenvalue weighted by Crippen LogP contribution is -2.20. The van der Waals surface area contributed by atoms with Crippen molar-refractivity contribution in [3.63, 3.8) is 0 Å². The third-order valence-electron chi connectivity index (χ3n) is 1.80. The predicted molar refractivity (Wildman–Crippen MR) is 54.7 cm³/mol. The third kappa shape index (κ3) is 3.35. The SMILES string of the molecule is CS(=O)(=O)C[C@@H](N)c1ccc(O)cc1. The normalized spacial score (nSPS) is 13.9. The number of phenolic OH excluding ortho intramolecular Hbond substituents is 1. The molecule has 1 aromatic rings. The lowest BCUT2D eigenvalue weighted by atomic mass is 10.1. The summed E-state index contributed by atoms with van der Waals surface area (Å²) in [6.45, 7) is 0. The van der Waals surface area contributed by atoms with Crippen molar-refractivity contribution in [2.24, 2.45) is 5.73 Å². The molecule has 1 atom stereocenters. The second-order valence-corrected chi connectivity index (χ2v) is 5.48. The van der Waals surface area contributed by atoms with Gasteiger partial charge < -0.3 is 10.8 Å². The molecular weight excluding hydrogens is 202 g/mol. The van der Waals surface area contributed by atoms with Gasteiger partial charge >= 0.3 is 0 Å². The molecule has 0 unspecified atom stereocenters. The van der Waals surface area contributed by atoms with Crippen molar-refractivity contribution in [3.8, 4) is 5.75 Å². The molecule has 1 rings (SSSR count). The Kier molecular flexibility index (Phi) is 3.13. The third-order valence-corrected chi connectivity index (χ3v) is 2.77. The highest BCUT2D eigenvalue weighted by atomic mass is 32.2. The zero-order valence-corrected chi connectivity index (χ0v) is 8.66. The number of sulfone groups is 1. The summed E-state index contributed by atoms with van der Waals surface area (Å²) in [7, 11) is -3.07. The first-order chi connectivity index (χ1) is 6.38. The van der Waals surface area contributed by atoms with Crippen molar-refractivity contribution in [1.29, 1.82) is 0 Å². The minimum absolute atomic E-state index is 0.0855. The van der Waals surface area contributed by atoms with E-state index < -0.39 is 15.9 Å². The van der Waals surface area contributed by atoms with Crippen molar-refractivity contribution in [2.45, 2.75) is 6.04 Å². The Bertz CT molecular complexity index is 397. The molecule has 0 aliphatic rings. The number of hydrogen-bond acceptors (Lipinski definition) is 4. The lowest BCUT2D eigenvalue weighted by molar-refractivity contribution is 0.475. The van der Waals surface area contributed by atoms with Crippen LogP contribution in [0.5, 0.6) is 5.75 Å². The molecule has 3 N–H and O–H groups in total. The van der Waals surface area contributed by atoms with E-state index in [1.54, 1.807) is 12.1 Å². The number of benzene rings is 1. The first kappa shape index (κ1) is 11.0. The van der Waals surface area contributed by atoms with Crippen LogP contribution in [-0.4, -0.2) is 25.5 Å². The molecule has 0 spiro atoms. The molecule has 0 radical (unpaired) electrons. The molecule has 0 bridgehead atoms. The average Bonchev–Trinajstić information content (AvgIpc) is 2.02. The second kappa shape index (κ2) is 3.98. The van der Waals surface area contributed by atoms with Gasteiger partial charge in [-0.15, -0.1) is 0 Å². The minimum Gasteiger partial charge on any atom is -0.508 e. The highest BCUT2D eigenvalue weighted by Gasteiger charge is 2.12. The van der Waals surface area contributed by atoms with E-state index in [0.717, 1.165) is 6.26 Å². The number of aromatic hydroxyl groups is 1. The Morgan fingerprint density at radius 3 is 2.29 bits per heavy atom. The summed E-state index contributed by atoms with van der Waals surface area (Å²) in [6.07, 6.45) is 1.15. The van der Waals surface area contributed by atoms with Gasteiger partial charge in [0.05, 0.1) is 5.75 Å². The Morgan fingerprint density at radius 1 is 1.36 bits per heavy atom. The van der Waals surface area contributed by atoms with Gasteiger partial charge in [0.2, 0.25) is 0 Å². The molecule has 0 fully saturated rings. The molecule has 14 heavy (non-hydrogen) atoms. The fourth-order valence-corrected chi connectivity index (χ4v) is 1.99. The van der Waals surface area contributed by atoms with Crippen molar-refractivity contribution >= 4 is 9.84 Å². The largest absolute Gasteiger partial charge is 0.508 e. The summed E-state index contributed by atoms with van der Waals surface area (Å²) < 4.78 is 21.9. The van der Waals surface area contributed by atoms with Crippen molar-refractivity contribution in [1.82, 2.24) is 0 Å². The average molecular weight is 215 g/mol. The summed E-state index contributed by atoms with van der Waals surface area (Å²) in [5.41, 5.74) is 6.37. The van der Waals surface area contributed by atoms with Gasteiger partial charge in [-0.1, -0.05) is 12.1 Å². The van der Waals surface area contributed by atoms with Gasteiger partial charge in [0.25, 0.3) is 0 Å². The van der Waals surface area contributed by atoms with Crippen LogP contribution in [0.4, 0.5) is 0 Å². The molecule has 0 aliphatic carbocycles. The zero-order valence-electron chi connectivity index (χ0n) is 7.84. The van der Waals surface area contributed by atoms with Crippen LogP contribution in [0.15, 0.2) is 24.3 Å². The van der Waals surface area contributed by atoms with Crippen LogP contribution in [0, 0.1) is 0 Å². The van der Waals surface area contributed by atoms with Crippen LogP contribution in [0.1, 0.15) is 11.6 Å².